The van der Waals surface area contributed by atoms with Gasteiger partial charge in [0, 0.05) is 24.8 Å². The van der Waals surface area contributed by atoms with Crippen LogP contribution in [0.2, 0.25) is 0 Å². The van der Waals surface area contributed by atoms with E-state index in [1.165, 1.54) is 12.5 Å². The molecule has 100 valence electrons. The number of fused-ring (bicyclic) bond motifs is 1. The zero-order valence-corrected chi connectivity index (χ0v) is 11.0. The first kappa shape index (κ1) is 12.4. The summed E-state index contributed by atoms with van der Waals surface area (Å²) in [5, 5.41) is 5.03. The Morgan fingerprint density at radius 1 is 1.20 bits per heavy atom. The summed E-state index contributed by atoms with van der Waals surface area (Å²) >= 11 is 0. The van der Waals surface area contributed by atoms with Gasteiger partial charge in [0.25, 0.3) is 0 Å². The second-order valence-electron chi connectivity index (χ2n) is 4.54. The van der Waals surface area contributed by atoms with Gasteiger partial charge in [0.2, 0.25) is 0 Å². The van der Waals surface area contributed by atoms with Gasteiger partial charge in [-0.2, -0.15) is 0 Å². The maximum absolute atomic E-state index is 10.9. The zero-order chi connectivity index (χ0) is 13.9. The van der Waals surface area contributed by atoms with Gasteiger partial charge in [0.15, 0.2) is 5.58 Å². The quantitative estimate of drug-likeness (QED) is 0.539. The molecule has 0 unspecified atom stereocenters. The third-order valence-electron chi connectivity index (χ3n) is 2.99. The molecule has 20 heavy (non-hydrogen) atoms. The molecule has 0 saturated carbocycles. The number of rotatable bonds is 3. The summed E-state index contributed by atoms with van der Waals surface area (Å²) in [6.45, 7) is 1.37. The molecule has 0 N–H and O–H groups in total. The maximum Gasteiger partial charge on any atom is 0.308 e. The highest BCUT2D eigenvalue weighted by Crippen LogP contribution is 2.25. The van der Waals surface area contributed by atoms with Crippen LogP contribution in [0.25, 0.3) is 11.0 Å². The number of ether oxygens (including phenoxy) is 1. The fraction of sp³-hybridized carbons (Fsp3) is 0.125. The summed E-state index contributed by atoms with van der Waals surface area (Å²) in [4.78, 5) is 10.9. The first-order valence-corrected chi connectivity index (χ1v) is 6.33. The summed E-state index contributed by atoms with van der Waals surface area (Å²) in [6, 6.07) is 15.4. The topological polar surface area (TPSA) is 52.3 Å². The Morgan fingerprint density at radius 2 is 2.00 bits per heavy atom. The second-order valence-corrected chi connectivity index (χ2v) is 4.54. The largest absolute Gasteiger partial charge is 0.427 e. The highest BCUT2D eigenvalue weighted by Gasteiger charge is 2.10. The average molecular weight is 267 g/mol. The van der Waals surface area contributed by atoms with Gasteiger partial charge < -0.3 is 9.26 Å². The minimum absolute atomic E-state index is 0.353. The molecule has 3 aromatic rings. The van der Waals surface area contributed by atoms with Crippen molar-refractivity contribution < 1.29 is 14.1 Å². The molecule has 0 aliphatic heterocycles. The minimum Gasteiger partial charge on any atom is -0.427 e. The van der Waals surface area contributed by atoms with Crippen LogP contribution in [0.3, 0.4) is 0 Å². The fourth-order valence-corrected chi connectivity index (χ4v) is 2.12. The Bertz CT molecular complexity index is 747. The van der Waals surface area contributed by atoms with Crippen LogP contribution >= 0.6 is 0 Å². The van der Waals surface area contributed by atoms with Crippen LogP contribution < -0.4 is 4.74 Å². The number of esters is 1. The molecule has 1 heterocycles. The van der Waals surface area contributed by atoms with Crippen LogP contribution in [-0.4, -0.2) is 11.1 Å². The summed E-state index contributed by atoms with van der Waals surface area (Å²) in [6.07, 6.45) is 0.709. The van der Waals surface area contributed by atoms with Gasteiger partial charge in [-0.25, -0.2) is 0 Å². The van der Waals surface area contributed by atoms with E-state index in [4.69, 9.17) is 9.26 Å². The van der Waals surface area contributed by atoms with Gasteiger partial charge in [-0.3, -0.25) is 4.79 Å². The zero-order valence-electron chi connectivity index (χ0n) is 11.0. The van der Waals surface area contributed by atoms with Crippen LogP contribution in [0.1, 0.15) is 18.2 Å². The van der Waals surface area contributed by atoms with E-state index in [1.807, 2.05) is 36.4 Å². The molecule has 0 radical (unpaired) electrons. The minimum atomic E-state index is -0.353. The standard InChI is InChI=1S/C16H13NO3/c1-11(18)19-13-7-8-14-15(17-20-16(14)10-13)9-12-5-3-2-4-6-12/h2-8,10H,9H2,1H3. The Morgan fingerprint density at radius 3 is 2.75 bits per heavy atom. The highest BCUT2D eigenvalue weighted by molar-refractivity contribution is 5.82. The molecule has 4 nitrogen and oxygen atoms in total. The monoisotopic (exact) mass is 267 g/mol. The Hall–Kier alpha value is -2.62. The van der Waals surface area contributed by atoms with Crippen LogP contribution in [0.5, 0.6) is 5.75 Å². The van der Waals surface area contributed by atoms with Crippen molar-refractivity contribution in [2.24, 2.45) is 0 Å². The van der Waals surface area contributed by atoms with E-state index in [0.717, 1.165) is 11.1 Å². The fourth-order valence-electron chi connectivity index (χ4n) is 2.12. The van der Waals surface area contributed by atoms with Gasteiger partial charge in [0.1, 0.15) is 5.75 Å². The first-order valence-electron chi connectivity index (χ1n) is 6.33. The summed E-state index contributed by atoms with van der Waals surface area (Å²) in [7, 11) is 0. The molecule has 0 aliphatic rings. The second kappa shape index (κ2) is 5.17. The summed E-state index contributed by atoms with van der Waals surface area (Å²) in [5.74, 6) is 0.112. The highest BCUT2D eigenvalue weighted by atomic mass is 16.5. The van der Waals surface area contributed by atoms with Crippen LogP contribution in [0.4, 0.5) is 0 Å². The predicted molar refractivity (Wildman–Crippen MR) is 74.6 cm³/mol. The number of carbonyl (C=O) groups excluding carboxylic acids is 1. The number of carbonyl (C=O) groups is 1. The van der Waals surface area contributed by atoms with E-state index >= 15 is 0 Å². The molecule has 0 aliphatic carbocycles. The van der Waals surface area contributed by atoms with Crippen molar-refractivity contribution in [1.29, 1.82) is 0 Å². The van der Waals surface area contributed by atoms with Crippen LogP contribution in [0, 0.1) is 0 Å². The number of nitrogens with zero attached hydrogens (tertiary/aromatic N) is 1. The average Bonchev–Trinajstić information content (AvgIpc) is 2.82. The third-order valence-corrected chi connectivity index (χ3v) is 2.99. The van der Waals surface area contributed by atoms with Crippen molar-refractivity contribution in [2.45, 2.75) is 13.3 Å². The third kappa shape index (κ3) is 2.54. The molecular weight excluding hydrogens is 254 g/mol. The predicted octanol–water partition coefficient (Wildman–Crippen LogP) is 3.34. The van der Waals surface area contributed by atoms with E-state index in [1.54, 1.807) is 12.1 Å². The lowest BCUT2D eigenvalue weighted by molar-refractivity contribution is -0.131. The Kier molecular flexibility index (Phi) is 3.21. The molecule has 0 amide bonds. The van der Waals surface area contributed by atoms with Crippen molar-refractivity contribution in [3.63, 3.8) is 0 Å². The molecule has 2 aromatic carbocycles. The molecule has 0 spiro atoms. The molecule has 0 fully saturated rings. The van der Waals surface area contributed by atoms with Gasteiger partial charge in [-0.15, -0.1) is 0 Å². The number of hydrogen-bond acceptors (Lipinski definition) is 4. The van der Waals surface area contributed by atoms with E-state index in [0.29, 0.717) is 17.8 Å². The first-order chi connectivity index (χ1) is 9.72. The molecule has 3 rings (SSSR count). The normalized spacial score (nSPS) is 10.7. The van der Waals surface area contributed by atoms with Crippen LogP contribution in [0.15, 0.2) is 53.1 Å². The summed E-state index contributed by atoms with van der Waals surface area (Å²) < 4.78 is 10.3. The molecule has 0 atom stereocenters. The van der Waals surface area contributed by atoms with E-state index in [2.05, 4.69) is 5.16 Å². The van der Waals surface area contributed by atoms with Crippen molar-refractivity contribution in [3.05, 3.63) is 59.8 Å². The number of hydrogen-bond donors (Lipinski definition) is 0. The molecule has 0 saturated heterocycles. The van der Waals surface area contributed by atoms with Crippen molar-refractivity contribution in [1.82, 2.24) is 5.16 Å². The van der Waals surface area contributed by atoms with Crippen LogP contribution in [-0.2, 0) is 11.2 Å². The molecule has 1 aromatic heterocycles. The van der Waals surface area contributed by atoms with E-state index in [-0.39, 0.29) is 5.97 Å². The molecule has 4 heteroatoms. The summed E-state index contributed by atoms with van der Waals surface area (Å²) in [5.41, 5.74) is 2.67. The Balaban J connectivity index is 1.92. The molecule has 0 bridgehead atoms. The lowest BCUT2D eigenvalue weighted by atomic mass is 10.1. The lowest BCUT2D eigenvalue weighted by Crippen LogP contribution is -2.00. The van der Waals surface area contributed by atoms with Gasteiger partial charge in [0.05, 0.1) is 5.69 Å². The number of benzene rings is 2. The van der Waals surface area contributed by atoms with Crippen molar-refractivity contribution >= 4 is 16.9 Å². The van der Waals surface area contributed by atoms with Gasteiger partial charge in [-0.1, -0.05) is 35.5 Å². The van der Waals surface area contributed by atoms with Crippen molar-refractivity contribution in [2.75, 3.05) is 0 Å². The maximum atomic E-state index is 10.9. The van der Waals surface area contributed by atoms with E-state index < -0.39 is 0 Å². The lowest BCUT2D eigenvalue weighted by Gasteiger charge is -2.00. The number of aromatic nitrogens is 1. The van der Waals surface area contributed by atoms with E-state index in [9.17, 15) is 4.79 Å². The smallest absolute Gasteiger partial charge is 0.308 e. The SMILES string of the molecule is CC(=O)Oc1ccc2c(Cc3ccccc3)noc2c1. The molecular formula is C16H13NO3. The van der Waals surface area contributed by atoms with Crippen molar-refractivity contribution in [3.8, 4) is 5.75 Å². The van der Waals surface area contributed by atoms with Gasteiger partial charge >= 0.3 is 5.97 Å². The van der Waals surface area contributed by atoms with Gasteiger partial charge in [-0.05, 0) is 17.7 Å². The Labute approximate surface area is 116 Å².